The number of anilines is 2. The van der Waals surface area contributed by atoms with Crippen LogP contribution in [0, 0.1) is 16.0 Å². The summed E-state index contributed by atoms with van der Waals surface area (Å²) in [4.78, 5) is 52.1. The summed E-state index contributed by atoms with van der Waals surface area (Å²) in [6.45, 7) is 5.42. The van der Waals surface area contributed by atoms with Crippen LogP contribution in [0.2, 0.25) is 0 Å². The van der Waals surface area contributed by atoms with Crippen molar-refractivity contribution in [3.63, 3.8) is 0 Å². The summed E-state index contributed by atoms with van der Waals surface area (Å²) in [6.07, 6.45) is 10.5. The summed E-state index contributed by atoms with van der Waals surface area (Å²) in [5.41, 5.74) is 4.90. The van der Waals surface area contributed by atoms with E-state index in [0.29, 0.717) is 48.7 Å². The van der Waals surface area contributed by atoms with Crippen molar-refractivity contribution in [2.75, 3.05) is 57.0 Å². The number of rotatable bonds is 16. The molecule has 17 heteroatoms. The number of amides is 2. The van der Waals surface area contributed by atoms with E-state index >= 15 is 0 Å². The number of piperidine rings is 1. The minimum absolute atomic E-state index is 0.0747. The van der Waals surface area contributed by atoms with Crippen LogP contribution >= 0.6 is 0 Å². The first-order chi connectivity index (χ1) is 34.1. The summed E-state index contributed by atoms with van der Waals surface area (Å²) in [5, 5.41) is 26.4. The molecule has 4 N–H and O–H groups in total. The number of aliphatic hydroxyl groups is 1. The molecule has 1 atom stereocenters. The standard InChI is InChI=1S/C54H62N8O8S/c1-54(65)24-18-36(19-25-54)34-56-47-17-15-43(33-49(47)62(66)67)71(68,69)58-53(64)46-16-12-39(32-50(46)70-42-31-40-20-26-55-52(40)57-35-42)37-10-13-41(14-11-37)61-27-6-9-48(61)45-8-5-4-7-44(45)38-21-29-60(30-22-38)51(63)23-28-59(2)3/h4-5,7-8,10-17,20,26,31-33,35-36,38,48,56,65H,6,9,18-19,21-25,27-30,34H2,1-3H3,(H,55,57)(H,58,64)/t36?,48-,54?/m1/s1. The molecule has 4 aromatic carbocycles. The van der Waals surface area contributed by atoms with Gasteiger partial charge in [0.25, 0.3) is 21.6 Å². The molecule has 3 fully saturated rings. The Hall–Kier alpha value is -6.82. The maximum Gasteiger partial charge on any atom is 0.293 e. The number of aromatic nitrogens is 2. The first kappa shape index (κ1) is 49.2. The lowest BCUT2D eigenvalue weighted by molar-refractivity contribution is -0.384. The molecule has 9 rings (SSSR count). The molecule has 16 nitrogen and oxygen atoms in total. The van der Waals surface area contributed by atoms with Crippen LogP contribution in [0.25, 0.3) is 22.2 Å². The Bertz CT molecular complexity index is 3010. The number of nitrogens with one attached hydrogen (secondary N) is 3. The van der Waals surface area contributed by atoms with Gasteiger partial charge < -0.3 is 34.8 Å². The molecule has 1 aliphatic carbocycles. The summed E-state index contributed by atoms with van der Waals surface area (Å²) < 4.78 is 36.0. The quantitative estimate of drug-likeness (QED) is 0.0529. The Balaban J connectivity index is 0.930. The van der Waals surface area contributed by atoms with Gasteiger partial charge in [0, 0.05) is 62.5 Å². The van der Waals surface area contributed by atoms with E-state index in [1.807, 2.05) is 42.1 Å². The van der Waals surface area contributed by atoms with Crippen molar-refractivity contribution in [2.45, 2.75) is 87.2 Å². The highest BCUT2D eigenvalue weighted by Gasteiger charge is 2.33. The predicted octanol–water partition coefficient (Wildman–Crippen LogP) is 9.40. The molecule has 71 heavy (non-hydrogen) atoms. The van der Waals surface area contributed by atoms with E-state index in [1.54, 1.807) is 31.3 Å². The third-order valence-electron chi connectivity index (χ3n) is 14.5. The first-order valence-corrected chi connectivity index (χ1v) is 26.0. The van der Waals surface area contributed by atoms with Gasteiger partial charge in [0.1, 0.15) is 22.8 Å². The number of nitro groups is 1. The topological polar surface area (TPSA) is 203 Å². The lowest BCUT2D eigenvalue weighted by atomic mass is 9.80. The fourth-order valence-electron chi connectivity index (χ4n) is 10.4. The molecule has 1 saturated carbocycles. The molecule has 0 radical (unpaired) electrons. The van der Waals surface area contributed by atoms with Crippen LogP contribution in [0.1, 0.15) is 98.2 Å². The van der Waals surface area contributed by atoms with E-state index in [9.17, 15) is 33.2 Å². The van der Waals surface area contributed by atoms with Crippen LogP contribution in [-0.4, -0.2) is 102 Å². The van der Waals surface area contributed by atoms with E-state index in [1.165, 1.54) is 35.5 Å². The number of nitro benzene ring substituents is 1. The minimum atomic E-state index is -4.61. The number of carbonyl (C=O) groups excluding carboxylic acids is 2. The Morgan fingerprint density at radius 3 is 2.38 bits per heavy atom. The summed E-state index contributed by atoms with van der Waals surface area (Å²) in [7, 11) is -0.628. The highest BCUT2D eigenvalue weighted by molar-refractivity contribution is 7.90. The molecule has 2 amide bonds. The van der Waals surface area contributed by atoms with E-state index < -0.39 is 37.0 Å². The van der Waals surface area contributed by atoms with Crippen LogP contribution in [0.3, 0.4) is 0 Å². The number of benzene rings is 4. The normalized spacial score (nSPS) is 19.8. The molecule has 6 aromatic rings. The zero-order valence-electron chi connectivity index (χ0n) is 40.5. The molecule has 372 valence electrons. The highest BCUT2D eigenvalue weighted by Crippen LogP contribution is 2.42. The molecule has 3 aliphatic rings. The Morgan fingerprint density at radius 2 is 1.65 bits per heavy atom. The third kappa shape index (κ3) is 11.4. The third-order valence-corrected chi connectivity index (χ3v) is 15.8. The summed E-state index contributed by atoms with van der Waals surface area (Å²) in [5.74, 6) is 0.198. The van der Waals surface area contributed by atoms with Gasteiger partial charge in [-0.15, -0.1) is 0 Å². The average molecular weight is 983 g/mol. The van der Waals surface area contributed by atoms with E-state index in [0.717, 1.165) is 87.4 Å². The minimum Gasteiger partial charge on any atom is -0.455 e. The highest BCUT2D eigenvalue weighted by atomic mass is 32.2. The van der Waals surface area contributed by atoms with Crippen LogP contribution in [0.5, 0.6) is 11.5 Å². The average Bonchev–Trinajstić information content (AvgIpc) is 4.06. The van der Waals surface area contributed by atoms with Crippen molar-refractivity contribution >= 4 is 49.9 Å². The van der Waals surface area contributed by atoms with Crippen molar-refractivity contribution < 1.29 is 32.8 Å². The van der Waals surface area contributed by atoms with Crippen LogP contribution < -0.4 is 19.7 Å². The van der Waals surface area contributed by atoms with Crippen molar-refractivity contribution in [3.8, 4) is 22.6 Å². The zero-order chi connectivity index (χ0) is 49.9. The maximum atomic E-state index is 14.0. The number of hydrogen-bond acceptors (Lipinski definition) is 12. The van der Waals surface area contributed by atoms with E-state index in [2.05, 4.69) is 61.3 Å². The van der Waals surface area contributed by atoms with Gasteiger partial charge in [0.2, 0.25) is 5.91 Å². The SMILES string of the molecule is CN(C)CCC(=O)N1CCC(c2ccccc2[C@H]2CCCN2c2ccc(-c3ccc(C(=O)NS(=O)(=O)c4ccc(NCC5CCC(C)(O)CC5)c([N+](=O)[O-])c4)c(Oc4cnc5[nH]ccc5c4)c3)cc2)CC1. The lowest BCUT2D eigenvalue weighted by Gasteiger charge is -2.35. The predicted molar refractivity (Wildman–Crippen MR) is 274 cm³/mol. The molecule has 2 aromatic heterocycles. The van der Waals surface area contributed by atoms with Gasteiger partial charge in [-0.25, -0.2) is 18.1 Å². The van der Waals surface area contributed by atoms with Gasteiger partial charge in [0.05, 0.1) is 33.2 Å². The molecule has 2 saturated heterocycles. The summed E-state index contributed by atoms with van der Waals surface area (Å²) in [6, 6.07) is 29.3. The second-order valence-electron chi connectivity index (χ2n) is 19.8. The monoisotopic (exact) mass is 982 g/mol. The molecule has 0 spiro atoms. The van der Waals surface area contributed by atoms with Crippen molar-refractivity contribution in [1.29, 1.82) is 0 Å². The lowest BCUT2D eigenvalue weighted by Crippen LogP contribution is -2.39. The molecule has 0 bridgehead atoms. The number of sulfonamides is 1. The van der Waals surface area contributed by atoms with Crippen molar-refractivity contribution in [3.05, 3.63) is 136 Å². The fourth-order valence-corrected chi connectivity index (χ4v) is 11.4. The zero-order valence-corrected chi connectivity index (χ0v) is 41.3. The number of H-pyrrole nitrogens is 1. The Kier molecular flexibility index (Phi) is 14.5. The number of nitrogens with zero attached hydrogens (tertiary/aromatic N) is 5. The smallest absolute Gasteiger partial charge is 0.293 e. The molecular weight excluding hydrogens is 921 g/mol. The second kappa shape index (κ2) is 20.9. The van der Waals surface area contributed by atoms with Gasteiger partial charge in [-0.1, -0.05) is 42.5 Å². The first-order valence-electron chi connectivity index (χ1n) is 24.6. The van der Waals surface area contributed by atoms with Crippen LogP contribution in [0.15, 0.2) is 114 Å². The molecule has 2 aliphatic heterocycles. The van der Waals surface area contributed by atoms with Gasteiger partial charge >= 0.3 is 0 Å². The number of pyridine rings is 1. The molecular formula is C54H62N8O8S. The number of carbonyl (C=O) groups is 2. The van der Waals surface area contributed by atoms with Gasteiger partial charge in [-0.05, 0) is 155 Å². The van der Waals surface area contributed by atoms with Crippen molar-refractivity contribution in [2.24, 2.45) is 5.92 Å². The summed E-state index contributed by atoms with van der Waals surface area (Å²) >= 11 is 0. The number of ether oxygens (including phenoxy) is 1. The largest absolute Gasteiger partial charge is 0.455 e. The number of likely N-dealkylation sites (tertiary alicyclic amines) is 1. The van der Waals surface area contributed by atoms with E-state index in [-0.39, 0.29) is 34.9 Å². The molecule has 4 heterocycles. The van der Waals surface area contributed by atoms with Crippen LogP contribution in [0.4, 0.5) is 17.1 Å². The van der Waals surface area contributed by atoms with Gasteiger partial charge in [-0.2, -0.15) is 0 Å². The number of aromatic amines is 1. The molecule has 0 unspecified atom stereocenters. The maximum absolute atomic E-state index is 14.0. The van der Waals surface area contributed by atoms with Gasteiger partial charge in [-0.3, -0.25) is 19.7 Å². The number of fused-ring (bicyclic) bond motifs is 1. The number of hydrogen-bond donors (Lipinski definition) is 4. The van der Waals surface area contributed by atoms with Crippen LogP contribution in [-0.2, 0) is 14.8 Å². The van der Waals surface area contributed by atoms with Crippen molar-refractivity contribution in [1.82, 2.24) is 24.5 Å². The van der Waals surface area contributed by atoms with E-state index in [4.69, 9.17) is 4.74 Å². The Labute approximate surface area is 414 Å². The Morgan fingerprint density at radius 1 is 0.915 bits per heavy atom. The fraction of sp³-hybridized carbons (Fsp3) is 0.389. The van der Waals surface area contributed by atoms with Gasteiger partial charge in [0.15, 0.2) is 0 Å². The second-order valence-corrected chi connectivity index (χ2v) is 21.5.